The largest absolute Gasteiger partial charge is 0.497 e. The Labute approximate surface area is 183 Å². The fourth-order valence-electron chi connectivity index (χ4n) is 2.55. The Morgan fingerprint density at radius 3 is 2.57 bits per heavy atom. The van der Waals surface area contributed by atoms with Crippen molar-refractivity contribution in [1.82, 2.24) is 5.43 Å². The van der Waals surface area contributed by atoms with Gasteiger partial charge in [-0.25, -0.2) is 5.43 Å². The van der Waals surface area contributed by atoms with E-state index in [2.05, 4.69) is 26.5 Å². The van der Waals surface area contributed by atoms with Crippen molar-refractivity contribution in [1.29, 1.82) is 0 Å². The number of carbonyl (C=O) groups is 1. The normalized spacial score (nSPS) is 10.6. The van der Waals surface area contributed by atoms with Crippen LogP contribution in [0.1, 0.15) is 11.1 Å². The van der Waals surface area contributed by atoms with Crippen LogP contribution in [0.3, 0.4) is 0 Å². The fourth-order valence-corrected chi connectivity index (χ4v) is 2.95. The second kappa shape index (κ2) is 11.0. The van der Waals surface area contributed by atoms with E-state index in [-0.39, 0.29) is 12.5 Å². The van der Waals surface area contributed by atoms with Gasteiger partial charge in [-0.05, 0) is 57.9 Å². The Bertz CT molecular complexity index is 1020. The van der Waals surface area contributed by atoms with E-state index in [0.717, 1.165) is 21.3 Å². The second-order valence-electron chi connectivity index (χ2n) is 6.19. The number of carbonyl (C=O) groups excluding carboxylic acids is 1. The number of hydrogen-bond donors (Lipinski definition) is 1. The first-order valence-electron chi connectivity index (χ1n) is 9.19. The van der Waals surface area contributed by atoms with E-state index < -0.39 is 0 Å². The minimum atomic E-state index is -0.364. The quantitative estimate of drug-likeness (QED) is 0.369. The van der Waals surface area contributed by atoms with E-state index in [1.807, 2.05) is 66.7 Å². The summed E-state index contributed by atoms with van der Waals surface area (Å²) in [6.45, 7) is 0.238. The number of ether oxygens (including phenoxy) is 3. The van der Waals surface area contributed by atoms with Gasteiger partial charge >= 0.3 is 0 Å². The van der Waals surface area contributed by atoms with Crippen molar-refractivity contribution in [3.05, 3.63) is 88.4 Å². The average Bonchev–Trinajstić information content (AvgIpc) is 2.78. The predicted molar refractivity (Wildman–Crippen MR) is 119 cm³/mol. The molecule has 0 unspecified atom stereocenters. The highest BCUT2D eigenvalue weighted by Crippen LogP contribution is 2.23. The number of hydrazone groups is 1. The van der Waals surface area contributed by atoms with Crippen LogP contribution in [0.15, 0.2) is 82.4 Å². The summed E-state index contributed by atoms with van der Waals surface area (Å²) >= 11 is 3.37. The van der Waals surface area contributed by atoms with Crippen LogP contribution in [0.25, 0.3) is 0 Å². The van der Waals surface area contributed by atoms with Gasteiger partial charge in [0.2, 0.25) is 0 Å². The molecule has 3 aromatic carbocycles. The summed E-state index contributed by atoms with van der Waals surface area (Å²) in [4.78, 5) is 12.0. The zero-order chi connectivity index (χ0) is 21.2. The first kappa shape index (κ1) is 21.4. The lowest BCUT2D eigenvalue weighted by atomic mass is 10.2. The minimum absolute atomic E-state index is 0.145. The van der Waals surface area contributed by atoms with Crippen LogP contribution >= 0.6 is 15.9 Å². The number of nitrogens with one attached hydrogen (secondary N) is 1. The van der Waals surface area contributed by atoms with Crippen molar-refractivity contribution in [2.75, 3.05) is 13.7 Å². The number of halogens is 1. The second-order valence-corrected chi connectivity index (χ2v) is 7.04. The van der Waals surface area contributed by atoms with Crippen molar-refractivity contribution in [2.24, 2.45) is 5.10 Å². The lowest BCUT2D eigenvalue weighted by Gasteiger charge is -2.10. The summed E-state index contributed by atoms with van der Waals surface area (Å²) in [5.74, 6) is 1.66. The maximum Gasteiger partial charge on any atom is 0.277 e. The minimum Gasteiger partial charge on any atom is -0.497 e. The SMILES string of the molecule is COc1cccc(COc2ccccc2C=NNC(=O)COc2ccccc2Br)c1. The molecule has 0 saturated carbocycles. The zero-order valence-electron chi connectivity index (χ0n) is 16.4. The van der Waals surface area contributed by atoms with E-state index in [4.69, 9.17) is 14.2 Å². The molecule has 0 aromatic heterocycles. The molecule has 154 valence electrons. The number of benzene rings is 3. The number of methoxy groups -OCH3 is 1. The molecule has 3 rings (SSSR count). The van der Waals surface area contributed by atoms with Gasteiger partial charge in [0.1, 0.15) is 23.9 Å². The Hall–Kier alpha value is -3.32. The molecule has 0 aliphatic carbocycles. The Balaban J connectivity index is 1.54. The molecule has 0 atom stereocenters. The van der Waals surface area contributed by atoms with Gasteiger partial charge in [-0.2, -0.15) is 5.10 Å². The molecule has 0 aliphatic rings. The predicted octanol–water partition coefficient (Wildman–Crippen LogP) is 4.57. The van der Waals surface area contributed by atoms with E-state index in [9.17, 15) is 4.79 Å². The van der Waals surface area contributed by atoms with E-state index >= 15 is 0 Å². The number of para-hydroxylation sites is 2. The van der Waals surface area contributed by atoms with Crippen LogP contribution in [0.2, 0.25) is 0 Å². The molecule has 0 bridgehead atoms. The molecule has 0 aliphatic heterocycles. The third kappa shape index (κ3) is 6.35. The van der Waals surface area contributed by atoms with Crippen molar-refractivity contribution in [2.45, 2.75) is 6.61 Å². The molecular weight excluding hydrogens is 448 g/mol. The molecule has 0 saturated heterocycles. The Morgan fingerprint density at radius 1 is 1.00 bits per heavy atom. The number of amides is 1. The highest BCUT2D eigenvalue weighted by atomic mass is 79.9. The average molecular weight is 469 g/mol. The lowest BCUT2D eigenvalue weighted by molar-refractivity contribution is -0.123. The summed E-state index contributed by atoms with van der Waals surface area (Å²) in [5.41, 5.74) is 4.18. The van der Waals surface area contributed by atoms with Crippen LogP contribution in [-0.2, 0) is 11.4 Å². The van der Waals surface area contributed by atoms with Gasteiger partial charge in [0, 0.05) is 5.56 Å². The molecule has 3 aromatic rings. The van der Waals surface area contributed by atoms with Crippen LogP contribution in [-0.4, -0.2) is 25.8 Å². The molecule has 30 heavy (non-hydrogen) atoms. The van der Waals surface area contributed by atoms with Crippen LogP contribution in [0.5, 0.6) is 17.2 Å². The fraction of sp³-hybridized carbons (Fsp3) is 0.130. The molecular formula is C23H21BrN2O4. The highest BCUT2D eigenvalue weighted by Gasteiger charge is 2.05. The maximum absolute atomic E-state index is 12.0. The summed E-state index contributed by atoms with van der Waals surface area (Å²) < 4.78 is 17.4. The first-order valence-corrected chi connectivity index (χ1v) is 9.99. The van der Waals surface area contributed by atoms with Crippen LogP contribution in [0.4, 0.5) is 0 Å². The first-order chi connectivity index (χ1) is 14.7. The molecule has 6 nitrogen and oxygen atoms in total. The summed E-state index contributed by atoms with van der Waals surface area (Å²) in [6, 6.07) is 22.4. The Kier molecular flexibility index (Phi) is 7.86. The zero-order valence-corrected chi connectivity index (χ0v) is 18.0. The molecule has 0 heterocycles. The summed E-state index contributed by atoms with van der Waals surface area (Å²) in [6.07, 6.45) is 1.54. The van der Waals surface area contributed by atoms with Gasteiger partial charge in [0.15, 0.2) is 6.61 Å². The summed E-state index contributed by atoms with van der Waals surface area (Å²) in [7, 11) is 1.63. The number of nitrogens with zero attached hydrogens (tertiary/aromatic N) is 1. The standard InChI is InChI=1S/C23H21BrN2O4/c1-28-19-9-6-7-17(13-19)15-29-21-11-4-2-8-18(21)14-25-26-23(27)16-30-22-12-5-3-10-20(22)24/h2-14H,15-16H2,1H3,(H,26,27). The smallest absolute Gasteiger partial charge is 0.277 e. The molecule has 0 radical (unpaired) electrons. The van der Waals surface area contributed by atoms with E-state index in [0.29, 0.717) is 18.1 Å². The van der Waals surface area contributed by atoms with Gasteiger partial charge in [0.05, 0.1) is 17.8 Å². The topological polar surface area (TPSA) is 69.2 Å². The third-order valence-electron chi connectivity index (χ3n) is 4.04. The van der Waals surface area contributed by atoms with Crippen molar-refractivity contribution >= 4 is 28.1 Å². The van der Waals surface area contributed by atoms with Gasteiger partial charge < -0.3 is 14.2 Å². The summed E-state index contributed by atoms with van der Waals surface area (Å²) in [5, 5.41) is 4.00. The number of hydrogen-bond acceptors (Lipinski definition) is 5. The molecule has 0 spiro atoms. The van der Waals surface area contributed by atoms with Gasteiger partial charge in [-0.15, -0.1) is 0 Å². The van der Waals surface area contributed by atoms with Crippen molar-refractivity contribution in [3.63, 3.8) is 0 Å². The maximum atomic E-state index is 12.0. The molecule has 1 N–H and O–H groups in total. The molecule has 1 amide bonds. The van der Waals surface area contributed by atoms with Crippen molar-refractivity contribution in [3.8, 4) is 17.2 Å². The van der Waals surface area contributed by atoms with Gasteiger partial charge in [-0.1, -0.05) is 36.4 Å². The monoisotopic (exact) mass is 468 g/mol. The lowest BCUT2D eigenvalue weighted by Crippen LogP contribution is -2.24. The molecule has 7 heteroatoms. The highest BCUT2D eigenvalue weighted by molar-refractivity contribution is 9.10. The van der Waals surface area contributed by atoms with E-state index in [1.54, 1.807) is 13.2 Å². The third-order valence-corrected chi connectivity index (χ3v) is 4.69. The van der Waals surface area contributed by atoms with Crippen LogP contribution in [0, 0.1) is 0 Å². The Morgan fingerprint density at radius 2 is 1.77 bits per heavy atom. The van der Waals surface area contributed by atoms with Crippen LogP contribution < -0.4 is 19.6 Å². The number of rotatable bonds is 9. The van der Waals surface area contributed by atoms with Crippen molar-refractivity contribution < 1.29 is 19.0 Å². The van der Waals surface area contributed by atoms with E-state index in [1.165, 1.54) is 6.21 Å². The molecule has 0 fully saturated rings. The van der Waals surface area contributed by atoms with Gasteiger partial charge in [0.25, 0.3) is 5.91 Å². The van der Waals surface area contributed by atoms with Gasteiger partial charge in [-0.3, -0.25) is 4.79 Å².